The summed E-state index contributed by atoms with van der Waals surface area (Å²) in [6, 6.07) is 16.3. The van der Waals surface area contributed by atoms with Gasteiger partial charge in [0.25, 0.3) is 0 Å². The van der Waals surface area contributed by atoms with Crippen LogP contribution in [0.15, 0.2) is 53.0 Å². The van der Waals surface area contributed by atoms with Gasteiger partial charge in [-0.3, -0.25) is 0 Å². The highest BCUT2D eigenvalue weighted by Crippen LogP contribution is 2.28. The van der Waals surface area contributed by atoms with Gasteiger partial charge in [-0.15, -0.1) is 10.2 Å². The molecule has 0 aliphatic carbocycles. The Bertz CT molecular complexity index is 995. The van der Waals surface area contributed by atoms with Crippen LogP contribution >= 0.6 is 15.9 Å². The minimum Gasteiger partial charge on any atom is -0.465 e. The number of fused-ring (bicyclic) bond motifs is 3. The first-order valence-corrected chi connectivity index (χ1v) is 8.10. The van der Waals surface area contributed by atoms with E-state index < -0.39 is 0 Å². The topological polar surface area (TPSA) is 52.3 Å². The van der Waals surface area contributed by atoms with Gasteiger partial charge < -0.3 is 4.74 Å². The van der Waals surface area contributed by atoms with E-state index in [2.05, 4.69) is 31.1 Å². The Hall–Kier alpha value is -2.47. The Kier molecular flexibility index (Phi) is 3.46. The van der Waals surface area contributed by atoms with Crippen molar-refractivity contribution in [3.8, 4) is 17.4 Å². The van der Waals surface area contributed by atoms with Crippen LogP contribution in [0.5, 0.6) is 6.01 Å². The first kappa shape index (κ1) is 14.1. The summed E-state index contributed by atoms with van der Waals surface area (Å²) in [6.45, 7) is 2.46. The van der Waals surface area contributed by atoms with Gasteiger partial charge in [0.2, 0.25) is 0 Å². The lowest BCUT2D eigenvalue weighted by Gasteiger charge is -2.09. The molecule has 0 fully saturated rings. The molecule has 6 heteroatoms. The molecule has 0 radical (unpaired) electrons. The van der Waals surface area contributed by atoms with Crippen LogP contribution in [0.4, 0.5) is 0 Å². The molecule has 0 aliphatic heterocycles. The molecule has 23 heavy (non-hydrogen) atoms. The zero-order valence-electron chi connectivity index (χ0n) is 12.4. The van der Waals surface area contributed by atoms with Crippen molar-refractivity contribution in [2.24, 2.45) is 0 Å². The van der Waals surface area contributed by atoms with Crippen molar-refractivity contribution in [3.63, 3.8) is 0 Å². The number of benzene rings is 2. The Morgan fingerprint density at radius 1 is 1.04 bits per heavy atom. The molecular formula is C17H13BrN4O. The second kappa shape index (κ2) is 5.62. The number of nitrogens with zero attached hydrogens (tertiary/aromatic N) is 4. The third-order valence-corrected chi connectivity index (χ3v) is 4.12. The molecular weight excluding hydrogens is 356 g/mol. The van der Waals surface area contributed by atoms with Crippen LogP contribution in [-0.4, -0.2) is 26.2 Å². The van der Waals surface area contributed by atoms with Gasteiger partial charge in [0, 0.05) is 15.4 Å². The summed E-state index contributed by atoms with van der Waals surface area (Å²) in [5.74, 6) is 0.717. The summed E-state index contributed by atoms with van der Waals surface area (Å²) < 4.78 is 8.62. The molecule has 0 atom stereocenters. The van der Waals surface area contributed by atoms with Gasteiger partial charge in [-0.25, -0.2) is 4.40 Å². The van der Waals surface area contributed by atoms with E-state index in [0.29, 0.717) is 18.4 Å². The second-order valence-corrected chi connectivity index (χ2v) is 5.95. The second-order valence-electron chi connectivity index (χ2n) is 5.03. The lowest BCUT2D eigenvalue weighted by Crippen LogP contribution is -2.03. The minimum absolute atomic E-state index is 0.504. The third-order valence-electron chi connectivity index (χ3n) is 3.59. The van der Waals surface area contributed by atoms with Crippen LogP contribution in [0.3, 0.4) is 0 Å². The van der Waals surface area contributed by atoms with E-state index in [-0.39, 0.29) is 0 Å². The molecule has 0 saturated heterocycles. The Balaban J connectivity index is 2.06. The van der Waals surface area contributed by atoms with Crippen molar-refractivity contribution >= 4 is 32.5 Å². The van der Waals surface area contributed by atoms with Crippen molar-refractivity contribution in [1.29, 1.82) is 0 Å². The van der Waals surface area contributed by atoms with Crippen LogP contribution in [0.2, 0.25) is 0 Å². The van der Waals surface area contributed by atoms with Gasteiger partial charge in [0.05, 0.1) is 12.1 Å². The van der Waals surface area contributed by atoms with Gasteiger partial charge in [0.15, 0.2) is 11.5 Å². The first-order valence-electron chi connectivity index (χ1n) is 7.30. The Labute approximate surface area is 141 Å². The van der Waals surface area contributed by atoms with Crippen molar-refractivity contribution in [1.82, 2.24) is 19.6 Å². The van der Waals surface area contributed by atoms with Gasteiger partial charge in [0.1, 0.15) is 0 Å². The summed E-state index contributed by atoms with van der Waals surface area (Å²) in [5.41, 5.74) is 2.55. The van der Waals surface area contributed by atoms with Gasteiger partial charge in [-0.05, 0) is 31.2 Å². The van der Waals surface area contributed by atoms with E-state index in [4.69, 9.17) is 4.74 Å². The highest BCUT2D eigenvalue weighted by Gasteiger charge is 2.16. The summed E-state index contributed by atoms with van der Waals surface area (Å²) in [5, 5.41) is 9.69. The molecule has 0 spiro atoms. The summed E-state index contributed by atoms with van der Waals surface area (Å²) in [7, 11) is 0. The van der Waals surface area contributed by atoms with E-state index in [1.807, 2.05) is 59.9 Å². The molecule has 0 aliphatic rings. The van der Waals surface area contributed by atoms with Crippen molar-refractivity contribution in [2.75, 3.05) is 6.61 Å². The molecule has 4 rings (SSSR count). The molecule has 0 saturated carbocycles. The van der Waals surface area contributed by atoms with E-state index >= 15 is 0 Å². The fraction of sp³-hybridized carbons (Fsp3) is 0.118. The van der Waals surface area contributed by atoms with Crippen LogP contribution in [0, 0.1) is 0 Å². The van der Waals surface area contributed by atoms with Gasteiger partial charge in [-0.1, -0.05) is 40.2 Å². The van der Waals surface area contributed by atoms with Crippen LogP contribution in [0.1, 0.15) is 6.92 Å². The number of para-hydroxylation sites is 1. The van der Waals surface area contributed by atoms with Crippen molar-refractivity contribution < 1.29 is 4.74 Å². The van der Waals surface area contributed by atoms with Gasteiger partial charge in [-0.2, -0.15) is 4.98 Å². The Morgan fingerprint density at radius 3 is 2.61 bits per heavy atom. The molecule has 2 aromatic carbocycles. The molecule has 0 unspecified atom stereocenters. The third kappa shape index (κ3) is 2.35. The molecule has 4 aromatic rings. The number of halogens is 1. The highest BCUT2D eigenvalue weighted by molar-refractivity contribution is 9.10. The van der Waals surface area contributed by atoms with Crippen LogP contribution in [0.25, 0.3) is 27.9 Å². The zero-order chi connectivity index (χ0) is 15.8. The monoisotopic (exact) mass is 368 g/mol. The van der Waals surface area contributed by atoms with Crippen LogP contribution < -0.4 is 4.74 Å². The molecule has 114 valence electrons. The zero-order valence-corrected chi connectivity index (χ0v) is 14.0. The number of rotatable bonds is 3. The van der Waals surface area contributed by atoms with E-state index in [1.165, 1.54) is 0 Å². The summed E-state index contributed by atoms with van der Waals surface area (Å²) in [6.07, 6.45) is 0. The molecule has 0 N–H and O–H groups in total. The number of aromatic nitrogens is 4. The lowest BCUT2D eigenvalue weighted by molar-refractivity contribution is 0.310. The SMILES string of the molecule is CCOc1nc2ccccc2c2nnc(-c3ccc(Br)cc3)n12. The molecule has 2 heterocycles. The highest BCUT2D eigenvalue weighted by atomic mass is 79.9. The average Bonchev–Trinajstić information content (AvgIpc) is 3.01. The fourth-order valence-corrected chi connectivity index (χ4v) is 2.83. The van der Waals surface area contributed by atoms with Crippen molar-refractivity contribution in [2.45, 2.75) is 6.92 Å². The quantitative estimate of drug-likeness (QED) is 0.546. The fourth-order valence-electron chi connectivity index (χ4n) is 2.56. The van der Waals surface area contributed by atoms with Crippen LogP contribution in [-0.2, 0) is 0 Å². The maximum Gasteiger partial charge on any atom is 0.304 e. The predicted octanol–water partition coefficient (Wildman–Crippen LogP) is 4.11. The maximum absolute atomic E-state index is 5.73. The molecule has 2 aromatic heterocycles. The number of hydrogen-bond acceptors (Lipinski definition) is 4. The number of ether oxygens (including phenoxy) is 1. The lowest BCUT2D eigenvalue weighted by atomic mass is 10.2. The number of hydrogen-bond donors (Lipinski definition) is 0. The largest absolute Gasteiger partial charge is 0.465 e. The first-order chi connectivity index (χ1) is 11.3. The van der Waals surface area contributed by atoms with E-state index in [0.717, 1.165) is 26.6 Å². The normalized spacial score (nSPS) is 11.2. The Morgan fingerprint density at radius 2 is 1.83 bits per heavy atom. The summed E-state index contributed by atoms with van der Waals surface area (Å²) >= 11 is 3.45. The molecule has 0 bridgehead atoms. The van der Waals surface area contributed by atoms with E-state index in [1.54, 1.807) is 0 Å². The standard InChI is InChI=1S/C17H13BrN4O/c1-2-23-17-19-14-6-4-3-5-13(14)16-21-20-15(22(16)17)11-7-9-12(18)10-8-11/h3-10H,2H2,1H3. The molecule has 0 amide bonds. The van der Waals surface area contributed by atoms with E-state index in [9.17, 15) is 0 Å². The maximum atomic E-state index is 5.73. The summed E-state index contributed by atoms with van der Waals surface area (Å²) in [4.78, 5) is 4.62. The van der Waals surface area contributed by atoms with Crippen molar-refractivity contribution in [3.05, 3.63) is 53.0 Å². The minimum atomic E-state index is 0.504. The average molecular weight is 369 g/mol. The molecule has 5 nitrogen and oxygen atoms in total. The smallest absolute Gasteiger partial charge is 0.304 e. The van der Waals surface area contributed by atoms with Gasteiger partial charge >= 0.3 is 6.01 Å². The predicted molar refractivity (Wildman–Crippen MR) is 92.6 cm³/mol.